The molecule has 25 heavy (non-hydrogen) atoms. The Balaban J connectivity index is 1.69. The van der Waals surface area contributed by atoms with Crippen LogP contribution in [0.1, 0.15) is 12.2 Å². The molecule has 1 aliphatic heterocycles. The monoisotopic (exact) mass is 331 g/mol. The molecule has 4 heterocycles. The van der Waals surface area contributed by atoms with Crippen molar-refractivity contribution in [3.63, 3.8) is 0 Å². The average Bonchev–Trinajstić information content (AvgIpc) is 3.11. The van der Waals surface area contributed by atoms with Crippen LogP contribution in [0, 0.1) is 0 Å². The Kier molecular flexibility index (Phi) is 4.33. The van der Waals surface area contributed by atoms with Gasteiger partial charge in [0.05, 0.1) is 18.6 Å². The Hall–Kier alpha value is -3.28. The van der Waals surface area contributed by atoms with Crippen LogP contribution in [-0.4, -0.2) is 31.4 Å². The van der Waals surface area contributed by atoms with E-state index in [1.807, 2.05) is 42.5 Å². The van der Waals surface area contributed by atoms with Crippen LogP contribution in [0.3, 0.4) is 0 Å². The zero-order valence-corrected chi connectivity index (χ0v) is 13.6. The van der Waals surface area contributed by atoms with E-state index in [-0.39, 0.29) is 0 Å². The van der Waals surface area contributed by atoms with E-state index in [9.17, 15) is 0 Å². The van der Waals surface area contributed by atoms with Crippen LogP contribution in [0.4, 0.5) is 0 Å². The molecule has 0 radical (unpaired) electrons. The molecule has 0 bridgehead atoms. The highest BCUT2D eigenvalue weighted by Crippen LogP contribution is 2.16. The molecular formula is C19H17N5O. The van der Waals surface area contributed by atoms with Crippen LogP contribution in [0.25, 0.3) is 17.0 Å². The summed E-state index contributed by atoms with van der Waals surface area (Å²) < 4.78 is 7.13. The lowest BCUT2D eigenvalue weighted by Gasteiger charge is -2.03. The van der Waals surface area contributed by atoms with Gasteiger partial charge in [-0.05, 0) is 42.3 Å². The molecular weight excluding hydrogens is 314 g/mol. The van der Waals surface area contributed by atoms with Gasteiger partial charge in [-0.3, -0.25) is 4.98 Å². The molecule has 0 amide bonds. The number of fused-ring (bicyclic) bond motifs is 1. The summed E-state index contributed by atoms with van der Waals surface area (Å²) in [4.78, 5) is 4.36. The molecule has 0 fully saturated rings. The van der Waals surface area contributed by atoms with Crippen molar-refractivity contribution in [2.24, 2.45) is 0 Å². The number of hydrogen-bond donors (Lipinski definition) is 0. The third-order valence-electron chi connectivity index (χ3n) is 3.84. The fourth-order valence-corrected chi connectivity index (χ4v) is 2.61. The number of nitrogens with zero attached hydrogens (tertiary/aromatic N) is 5. The van der Waals surface area contributed by atoms with E-state index in [4.69, 9.17) is 4.74 Å². The molecule has 1 aliphatic rings. The molecule has 4 rings (SSSR count). The zero-order valence-electron chi connectivity index (χ0n) is 13.6. The fourth-order valence-electron chi connectivity index (χ4n) is 2.61. The summed E-state index contributed by atoms with van der Waals surface area (Å²) in [5.74, 6) is 0.789. The van der Waals surface area contributed by atoms with Crippen LogP contribution in [0.2, 0.25) is 0 Å². The second-order valence-electron chi connectivity index (χ2n) is 5.63. The lowest BCUT2D eigenvalue weighted by atomic mass is 10.1. The van der Waals surface area contributed by atoms with Crippen LogP contribution in [-0.2, 0) is 11.2 Å². The van der Waals surface area contributed by atoms with Crippen molar-refractivity contribution in [2.45, 2.75) is 12.8 Å². The molecule has 6 nitrogen and oxygen atoms in total. The summed E-state index contributed by atoms with van der Waals surface area (Å²) in [5.41, 5.74) is 3.47. The smallest absolute Gasteiger partial charge is 0.177 e. The van der Waals surface area contributed by atoms with Crippen molar-refractivity contribution in [1.29, 1.82) is 0 Å². The zero-order chi connectivity index (χ0) is 16.9. The molecule has 3 aromatic rings. The molecule has 0 saturated carbocycles. The van der Waals surface area contributed by atoms with Gasteiger partial charge in [0.15, 0.2) is 11.5 Å². The van der Waals surface area contributed by atoms with Gasteiger partial charge in [0.25, 0.3) is 0 Å². The highest BCUT2D eigenvalue weighted by molar-refractivity contribution is 5.55. The maximum Gasteiger partial charge on any atom is 0.177 e. The first-order chi connectivity index (χ1) is 12.4. The SMILES string of the molecule is C1=C(Cc2nnc3ccc(-c4ccccn4)nn23)\C=C\CCO/C=C/1. The van der Waals surface area contributed by atoms with Gasteiger partial charge in [0, 0.05) is 12.6 Å². The molecule has 0 N–H and O–H groups in total. The van der Waals surface area contributed by atoms with E-state index in [1.165, 1.54) is 0 Å². The van der Waals surface area contributed by atoms with Crippen LogP contribution < -0.4 is 0 Å². The number of ether oxygens (including phenoxy) is 1. The summed E-state index contributed by atoms with van der Waals surface area (Å²) in [6.45, 7) is 0.691. The van der Waals surface area contributed by atoms with Crippen LogP contribution >= 0.6 is 0 Å². The van der Waals surface area contributed by atoms with E-state index in [2.05, 4.69) is 32.4 Å². The fraction of sp³-hybridized carbons (Fsp3) is 0.158. The second kappa shape index (κ2) is 7.09. The Morgan fingerprint density at radius 2 is 2.08 bits per heavy atom. The highest BCUT2D eigenvalue weighted by Gasteiger charge is 2.10. The van der Waals surface area contributed by atoms with Gasteiger partial charge in [-0.1, -0.05) is 24.3 Å². The van der Waals surface area contributed by atoms with Gasteiger partial charge in [0.1, 0.15) is 5.69 Å². The largest absolute Gasteiger partial charge is 0.501 e. The molecule has 0 aromatic carbocycles. The van der Waals surface area contributed by atoms with Crippen molar-refractivity contribution in [2.75, 3.05) is 6.61 Å². The molecule has 0 saturated heterocycles. The van der Waals surface area contributed by atoms with Gasteiger partial charge in [-0.15, -0.1) is 10.2 Å². The standard InChI is InChI=1S/C19H17N5O/c1-3-11-20-16(8-1)17-9-10-18-21-22-19(24(18)23-17)14-15-6-2-4-12-25-13-5-7-15/h1-3,5-11,13H,4,12,14H2/b6-2+,13-5+,15-7+. The van der Waals surface area contributed by atoms with Crippen molar-refractivity contribution in [3.8, 4) is 11.4 Å². The first-order valence-electron chi connectivity index (χ1n) is 8.17. The second-order valence-corrected chi connectivity index (χ2v) is 5.63. The van der Waals surface area contributed by atoms with Gasteiger partial charge in [-0.2, -0.15) is 9.61 Å². The van der Waals surface area contributed by atoms with E-state index < -0.39 is 0 Å². The van der Waals surface area contributed by atoms with Gasteiger partial charge in [-0.25, -0.2) is 0 Å². The molecule has 3 aromatic heterocycles. The van der Waals surface area contributed by atoms with Crippen molar-refractivity contribution in [1.82, 2.24) is 24.8 Å². The summed E-state index contributed by atoms with van der Waals surface area (Å²) >= 11 is 0. The normalized spacial score (nSPS) is 19.1. The van der Waals surface area contributed by atoms with E-state index in [0.717, 1.165) is 34.9 Å². The summed E-state index contributed by atoms with van der Waals surface area (Å²) in [6.07, 6.45) is 13.1. The first kappa shape index (κ1) is 15.3. The minimum absolute atomic E-state index is 0.640. The minimum Gasteiger partial charge on any atom is -0.501 e. The predicted octanol–water partition coefficient (Wildman–Crippen LogP) is 3.15. The highest BCUT2D eigenvalue weighted by atomic mass is 16.5. The summed E-state index contributed by atoms with van der Waals surface area (Å²) in [5, 5.41) is 13.2. The van der Waals surface area contributed by atoms with Crippen LogP contribution in [0.15, 0.2) is 72.7 Å². The number of hydrogen-bond acceptors (Lipinski definition) is 5. The maximum absolute atomic E-state index is 5.34. The van der Waals surface area contributed by atoms with Crippen molar-refractivity contribution < 1.29 is 4.74 Å². The van der Waals surface area contributed by atoms with Gasteiger partial charge >= 0.3 is 0 Å². The lowest BCUT2D eigenvalue weighted by molar-refractivity contribution is 0.256. The average molecular weight is 331 g/mol. The molecule has 0 aliphatic carbocycles. The molecule has 0 spiro atoms. The lowest BCUT2D eigenvalue weighted by Crippen LogP contribution is -2.02. The molecule has 124 valence electrons. The van der Waals surface area contributed by atoms with Crippen LogP contribution in [0.5, 0.6) is 0 Å². The Morgan fingerprint density at radius 1 is 1.08 bits per heavy atom. The quantitative estimate of drug-likeness (QED) is 0.737. The Morgan fingerprint density at radius 3 is 3.00 bits per heavy atom. The molecule has 0 unspecified atom stereocenters. The summed E-state index contributed by atoms with van der Waals surface area (Å²) in [7, 11) is 0. The van der Waals surface area contributed by atoms with E-state index in [1.54, 1.807) is 17.0 Å². The van der Waals surface area contributed by atoms with E-state index >= 15 is 0 Å². The Bertz CT molecular complexity index is 956. The number of rotatable bonds is 3. The Labute approximate surface area is 145 Å². The molecule has 6 heteroatoms. The molecule has 0 atom stereocenters. The number of allylic oxidation sites excluding steroid dienone is 4. The number of pyridine rings is 1. The predicted molar refractivity (Wildman–Crippen MR) is 94.6 cm³/mol. The van der Waals surface area contributed by atoms with Gasteiger partial charge in [0.2, 0.25) is 0 Å². The number of aromatic nitrogens is 5. The third-order valence-corrected chi connectivity index (χ3v) is 3.84. The van der Waals surface area contributed by atoms with Crippen molar-refractivity contribution >= 4 is 5.65 Å². The third kappa shape index (κ3) is 3.47. The minimum atomic E-state index is 0.640. The van der Waals surface area contributed by atoms with E-state index in [0.29, 0.717) is 13.0 Å². The van der Waals surface area contributed by atoms with Crippen molar-refractivity contribution in [3.05, 3.63) is 78.5 Å². The summed E-state index contributed by atoms with van der Waals surface area (Å²) in [6, 6.07) is 9.60. The van der Waals surface area contributed by atoms with Gasteiger partial charge < -0.3 is 4.74 Å². The first-order valence-corrected chi connectivity index (χ1v) is 8.17. The maximum atomic E-state index is 5.34. The topological polar surface area (TPSA) is 65.2 Å².